The molecule has 94 valence electrons. The van der Waals surface area contributed by atoms with Gasteiger partial charge in [0.25, 0.3) is 0 Å². The molecule has 1 aliphatic carbocycles. The maximum Gasteiger partial charge on any atom is -0.0159 e. The molecule has 17 heavy (non-hydrogen) atoms. The minimum atomic E-state index is 0.833. The van der Waals surface area contributed by atoms with Gasteiger partial charge in [-0.15, -0.1) is 0 Å². The predicted octanol–water partition coefficient (Wildman–Crippen LogP) is 5.31. The maximum absolute atomic E-state index is 2.35. The number of hydrogen-bond donors (Lipinski definition) is 0. The van der Waals surface area contributed by atoms with Gasteiger partial charge in [0, 0.05) is 0 Å². The van der Waals surface area contributed by atoms with Gasteiger partial charge in [-0.1, -0.05) is 38.1 Å². The molecule has 2 rings (SSSR count). The molecule has 0 amide bonds. The summed E-state index contributed by atoms with van der Waals surface area (Å²) in [6, 6.07) is 8.95. The van der Waals surface area contributed by atoms with Crippen molar-refractivity contribution >= 4 is 0 Å². The Morgan fingerprint density at radius 1 is 1.06 bits per heavy atom. The van der Waals surface area contributed by atoms with Crippen LogP contribution in [0.2, 0.25) is 0 Å². The zero-order valence-corrected chi connectivity index (χ0v) is 11.6. The first-order valence-electron chi connectivity index (χ1n) is 7.22. The molecule has 0 atom stereocenters. The summed E-state index contributed by atoms with van der Waals surface area (Å²) >= 11 is 0. The van der Waals surface area contributed by atoms with Crippen LogP contribution in [-0.2, 0) is 0 Å². The van der Waals surface area contributed by atoms with Crippen LogP contribution in [-0.4, -0.2) is 0 Å². The lowest BCUT2D eigenvalue weighted by atomic mass is 9.75. The summed E-state index contributed by atoms with van der Waals surface area (Å²) < 4.78 is 0. The Bertz CT molecular complexity index is 343. The average Bonchev–Trinajstić information content (AvgIpc) is 2.30. The molecule has 0 unspecified atom stereocenters. The van der Waals surface area contributed by atoms with Gasteiger partial charge in [-0.2, -0.15) is 0 Å². The third-order valence-corrected chi connectivity index (χ3v) is 4.28. The highest BCUT2D eigenvalue weighted by Crippen LogP contribution is 2.38. The molecule has 0 bridgehead atoms. The highest BCUT2D eigenvalue weighted by atomic mass is 14.3. The summed E-state index contributed by atoms with van der Waals surface area (Å²) in [4.78, 5) is 0. The molecule has 0 heterocycles. The van der Waals surface area contributed by atoms with Crippen molar-refractivity contribution in [3.63, 3.8) is 0 Å². The second-order valence-electron chi connectivity index (χ2n) is 6.20. The van der Waals surface area contributed by atoms with E-state index in [1.807, 2.05) is 0 Å². The van der Waals surface area contributed by atoms with Gasteiger partial charge in [-0.05, 0) is 67.9 Å². The molecule has 1 fully saturated rings. The number of aryl methyl sites for hydroxylation is 1. The van der Waals surface area contributed by atoms with Crippen molar-refractivity contribution in [1.82, 2.24) is 0 Å². The highest BCUT2D eigenvalue weighted by Gasteiger charge is 2.23. The minimum Gasteiger partial charge on any atom is -0.0628 e. The van der Waals surface area contributed by atoms with E-state index >= 15 is 0 Å². The van der Waals surface area contributed by atoms with E-state index in [0.29, 0.717) is 0 Å². The van der Waals surface area contributed by atoms with E-state index in [9.17, 15) is 0 Å². The Morgan fingerprint density at radius 2 is 1.71 bits per heavy atom. The Balaban J connectivity index is 1.93. The fourth-order valence-electron chi connectivity index (χ4n) is 3.42. The van der Waals surface area contributed by atoms with Crippen LogP contribution in [0.3, 0.4) is 0 Å². The van der Waals surface area contributed by atoms with Crippen LogP contribution in [0.5, 0.6) is 0 Å². The average molecular weight is 230 g/mol. The van der Waals surface area contributed by atoms with Gasteiger partial charge >= 0.3 is 0 Å². The molecule has 0 heteroatoms. The molecule has 1 aromatic rings. The number of rotatable bonds is 3. The van der Waals surface area contributed by atoms with Gasteiger partial charge < -0.3 is 0 Å². The van der Waals surface area contributed by atoms with Gasteiger partial charge in [0.15, 0.2) is 0 Å². The van der Waals surface area contributed by atoms with Gasteiger partial charge in [0.2, 0.25) is 0 Å². The standard InChI is InChI=1S/C17H26/c1-13(2)12-15-8-10-16(11-9-15)17-7-5-4-6-14(17)3/h4-7,13,15-16H,8-12H2,1-3H3. The van der Waals surface area contributed by atoms with Gasteiger partial charge in [-0.3, -0.25) is 0 Å². The molecular weight excluding hydrogens is 204 g/mol. The summed E-state index contributed by atoms with van der Waals surface area (Å²) in [5.41, 5.74) is 3.09. The Morgan fingerprint density at radius 3 is 2.29 bits per heavy atom. The summed E-state index contributed by atoms with van der Waals surface area (Å²) in [7, 11) is 0. The van der Waals surface area contributed by atoms with Crippen LogP contribution in [0, 0.1) is 18.8 Å². The first kappa shape index (κ1) is 12.7. The first-order valence-corrected chi connectivity index (χ1v) is 7.22. The fourth-order valence-corrected chi connectivity index (χ4v) is 3.42. The topological polar surface area (TPSA) is 0 Å². The van der Waals surface area contributed by atoms with Crippen LogP contribution in [0.4, 0.5) is 0 Å². The number of hydrogen-bond acceptors (Lipinski definition) is 0. The van der Waals surface area contributed by atoms with Crippen LogP contribution < -0.4 is 0 Å². The lowest BCUT2D eigenvalue weighted by Crippen LogP contribution is -2.15. The number of benzene rings is 1. The van der Waals surface area contributed by atoms with Gasteiger partial charge in [-0.25, -0.2) is 0 Å². The smallest absolute Gasteiger partial charge is 0.0159 e. The molecule has 0 radical (unpaired) electrons. The molecule has 1 aliphatic rings. The SMILES string of the molecule is Cc1ccccc1C1CCC(CC(C)C)CC1. The van der Waals surface area contributed by atoms with Crippen LogP contribution in [0.25, 0.3) is 0 Å². The normalized spacial score (nSPS) is 25.2. The summed E-state index contributed by atoms with van der Waals surface area (Å²) in [5.74, 6) is 2.70. The van der Waals surface area contributed by atoms with Crippen LogP contribution in [0.15, 0.2) is 24.3 Å². The van der Waals surface area contributed by atoms with Crippen molar-refractivity contribution in [2.75, 3.05) is 0 Å². The molecule has 1 aromatic carbocycles. The zero-order valence-electron chi connectivity index (χ0n) is 11.6. The van der Waals surface area contributed by atoms with Crippen molar-refractivity contribution in [1.29, 1.82) is 0 Å². The lowest BCUT2D eigenvalue weighted by molar-refractivity contribution is 0.282. The van der Waals surface area contributed by atoms with Crippen molar-refractivity contribution in [2.24, 2.45) is 11.8 Å². The monoisotopic (exact) mass is 230 g/mol. The van der Waals surface area contributed by atoms with E-state index in [-0.39, 0.29) is 0 Å². The van der Waals surface area contributed by atoms with Gasteiger partial charge in [0.1, 0.15) is 0 Å². The molecule has 0 spiro atoms. The highest BCUT2D eigenvalue weighted by molar-refractivity contribution is 5.29. The predicted molar refractivity (Wildman–Crippen MR) is 75.3 cm³/mol. The third kappa shape index (κ3) is 3.34. The molecule has 0 saturated heterocycles. The van der Waals surface area contributed by atoms with Crippen LogP contribution in [0.1, 0.15) is 63.0 Å². The summed E-state index contributed by atoms with van der Waals surface area (Å²) in [5, 5.41) is 0. The van der Waals surface area contributed by atoms with Gasteiger partial charge in [0.05, 0.1) is 0 Å². The van der Waals surface area contributed by atoms with Crippen molar-refractivity contribution in [2.45, 2.75) is 58.8 Å². The third-order valence-electron chi connectivity index (χ3n) is 4.28. The Kier molecular flexibility index (Phi) is 4.25. The Hall–Kier alpha value is -0.780. The molecule has 0 aromatic heterocycles. The van der Waals surface area contributed by atoms with E-state index in [0.717, 1.165) is 17.8 Å². The minimum absolute atomic E-state index is 0.833. The van der Waals surface area contributed by atoms with E-state index < -0.39 is 0 Å². The van der Waals surface area contributed by atoms with Crippen molar-refractivity contribution < 1.29 is 0 Å². The van der Waals surface area contributed by atoms with Crippen molar-refractivity contribution in [3.05, 3.63) is 35.4 Å². The molecule has 0 nitrogen and oxygen atoms in total. The summed E-state index contributed by atoms with van der Waals surface area (Å²) in [6.07, 6.45) is 7.12. The van der Waals surface area contributed by atoms with E-state index in [4.69, 9.17) is 0 Å². The van der Waals surface area contributed by atoms with E-state index in [2.05, 4.69) is 45.0 Å². The Labute approximate surface area is 106 Å². The molecule has 1 saturated carbocycles. The van der Waals surface area contributed by atoms with E-state index in [1.54, 1.807) is 5.56 Å². The fraction of sp³-hybridized carbons (Fsp3) is 0.647. The second kappa shape index (κ2) is 5.71. The lowest BCUT2D eigenvalue weighted by Gasteiger charge is -2.30. The molecule has 0 N–H and O–H groups in total. The van der Waals surface area contributed by atoms with E-state index in [1.165, 1.54) is 37.7 Å². The zero-order chi connectivity index (χ0) is 12.3. The largest absolute Gasteiger partial charge is 0.0628 e. The van der Waals surface area contributed by atoms with Crippen molar-refractivity contribution in [3.8, 4) is 0 Å². The first-order chi connectivity index (χ1) is 8.16. The molecular formula is C17H26. The quantitative estimate of drug-likeness (QED) is 0.659. The molecule has 0 aliphatic heterocycles. The maximum atomic E-state index is 2.35. The summed E-state index contributed by atoms with van der Waals surface area (Å²) in [6.45, 7) is 6.97. The van der Waals surface area contributed by atoms with Crippen LogP contribution >= 0.6 is 0 Å². The second-order valence-corrected chi connectivity index (χ2v) is 6.20.